The molecule has 0 bridgehead atoms. The Balaban J connectivity index is 0.00000324. The van der Waals surface area contributed by atoms with Crippen molar-refractivity contribution in [3.63, 3.8) is 0 Å². The maximum Gasteiger partial charge on any atom is 0.330 e. The molecule has 0 aromatic heterocycles. The van der Waals surface area contributed by atoms with Gasteiger partial charge in [0.15, 0.2) is 0 Å². The molecule has 0 radical (unpaired) electrons. The number of halogens is 1. The molecule has 0 aliphatic carbocycles. The molecule has 0 heterocycles. The third kappa shape index (κ3) is 7.80. The number of carbonyl (C=O) groups is 1. The van der Waals surface area contributed by atoms with E-state index >= 15 is 0 Å². The normalized spacial score (nSPS) is 10.4. The third-order valence-electron chi connectivity index (χ3n) is 2.77. The topological polar surface area (TPSA) is 26.3 Å². The first kappa shape index (κ1) is 17.9. The van der Waals surface area contributed by atoms with Crippen LogP contribution in [-0.4, -0.2) is 37.7 Å². The van der Waals surface area contributed by atoms with E-state index in [1.807, 2.05) is 6.07 Å². The second kappa shape index (κ2) is 8.88. The lowest BCUT2D eigenvalue weighted by molar-refractivity contribution is -0.903. The molecule has 1 rings (SSSR count). The van der Waals surface area contributed by atoms with E-state index in [2.05, 4.69) is 44.9 Å². The molecule has 1 aromatic carbocycles. The Morgan fingerprint density at radius 2 is 1.95 bits per heavy atom. The van der Waals surface area contributed by atoms with Crippen molar-refractivity contribution in [3.8, 4) is 0 Å². The van der Waals surface area contributed by atoms with Crippen LogP contribution in [0.5, 0.6) is 0 Å². The van der Waals surface area contributed by atoms with E-state index in [0.29, 0.717) is 6.61 Å². The van der Waals surface area contributed by atoms with E-state index in [9.17, 15) is 4.79 Å². The fraction of sp³-hybridized carbons (Fsp3) is 0.400. The molecule has 0 saturated heterocycles. The highest BCUT2D eigenvalue weighted by Crippen LogP contribution is 2.09. The van der Waals surface area contributed by atoms with Crippen LogP contribution in [-0.2, 0) is 16.1 Å². The lowest BCUT2D eigenvalue weighted by atomic mass is 10.2. The second-order valence-electron chi connectivity index (χ2n) is 5.03. The second-order valence-corrected chi connectivity index (χ2v) is 5.03. The van der Waals surface area contributed by atoms with Crippen LogP contribution in [0.25, 0.3) is 0 Å². The molecule has 0 saturated carbocycles. The van der Waals surface area contributed by atoms with E-state index in [0.717, 1.165) is 24.0 Å². The Morgan fingerprint density at radius 1 is 1.32 bits per heavy atom. The van der Waals surface area contributed by atoms with Gasteiger partial charge in [-0.25, -0.2) is 4.79 Å². The van der Waals surface area contributed by atoms with Crippen LogP contribution in [0.4, 0.5) is 0 Å². The van der Waals surface area contributed by atoms with Gasteiger partial charge in [0.25, 0.3) is 0 Å². The molecule has 19 heavy (non-hydrogen) atoms. The van der Waals surface area contributed by atoms with Crippen LogP contribution in [0.3, 0.4) is 0 Å². The molecule has 0 aliphatic rings. The van der Waals surface area contributed by atoms with Crippen molar-refractivity contribution in [1.29, 1.82) is 0 Å². The maximum absolute atomic E-state index is 10.9. The van der Waals surface area contributed by atoms with Gasteiger partial charge in [-0.15, -0.1) is 0 Å². The van der Waals surface area contributed by atoms with Crippen molar-refractivity contribution in [1.82, 2.24) is 0 Å². The lowest BCUT2D eigenvalue weighted by Gasteiger charge is -2.29. The first-order valence-corrected chi connectivity index (χ1v) is 6.18. The first-order valence-electron chi connectivity index (χ1n) is 6.18. The molecule has 0 spiro atoms. The van der Waals surface area contributed by atoms with Gasteiger partial charge in [-0.1, -0.05) is 36.9 Å². The predicted molar refractivity (Wildman–Crippen MR) is 72.9 cm³/mol. The van der Waals surface area contributed by atoms with Crippen LogP contribution in [0.15, 0.2) is 43.0 Å². The van der Waals surface area contributed by atoms with Gasteiger partial charge >= 0.3 is 5.97 Å². The number of ether oxygens (including phenoxy) is 1. The van der Waals surface area contributed by atoms with Gasteiger partial charge in [-0.2, -0.15) is 0 Å². The van der Waals surface area contributed by atoms with E-state index in [-0.39, 0.29) is 23.0 Å². The van der Waals surface area contributed by atoms with Crippen LogP contribution in [0.1, 0.15) is 12.0 Å². The highest BCUT2D eigenvalue weighted by molar-refractivity contribution is 5.81. The third-order valence-corrected chi connectivity index (χ3v) is 2.77. The Labute approximate surface area is 126 Å². The molecule has 1 aromatic rings. The van der Waals surface area contributed by atoms with Gasteiger partial charge in [0.1, 0.15) is 6.54 Å². The molecule has 0 unspecified atom stereocenters. The highest BCUT2D eigenvalue weighted by Gasteiger charge is 2.15. The van der Waals surface area contributed by atoms with Crippen LogP contribution in [0, 0.1) is 0 Å². The summed E-state index contributed by atoms with van der Waals surface area (Å²) in [4.78, 5) is 10.9. The minimum Gasteiger partial charge on any atom is -1.00 e. The Bertz CT molecular complexity index is 390. The quantitative estimate of drug-likeness (QED) is 0.289. The summed E-state index contributed by atoms with van der Waals surface area (Å²) < 4.78 is 5.85. The minimum absolute atomic E-state index is 0. The number of benzene rings is 1. The SMILES string of the molecule is C=CC(=O)OCCC[N+](C)(C)Cc1ccccc1.[Br-]. The van der Waals surface area contributed by atoms with Crippen molar-refractivity contribution in [2.24, 2.45) is 0 Å². The van der Waals surface area contributed by atoms with Gasteiger partial charge in [0.05, 0.1) is 27.2 Å². The van der Waals surface area contributed by atoms with Crippen LogP contribution in [0.2, 0.25) is 0 Å². The largest absolute Gasteiger partial charge is 1.00 e. The number of carbonyl (C=O) groups excluding carboxylic acids is 1. The number of hydrogen-bond acceptors (Lipinski definition) is 2. The van der Waals surface area contributed by atoms with Crippen molar-refractivity contribution in [2.75, 3.05) is 27.2 Å². The zero-order chi connectivity index (χ0) is 13.4. The van der Waals surface area contributed by atoms with Gasteiger partial charge in [0, 0.05) is 18.1 Å². The van der Waals surface area contributed by atoms with Crippen molar-refractivity contribution >= 4 is 5.97 Å². The summed E-state index contributed by atoms with van der Waals surface area (Å²) in [7, 11) is 4.37. The molecule has 0 aliphatic heterocycles. The van der Waals surface area contributed by atoms with Gasteiger partial charge in [-0.05, 0) is 0 Å². The summed E-state index contributed by atoms with van der Waals surface area (Å²) in [6.07, 6.45) is 2.06. The number of hydrogen-bond donors (Lipinski definition) is 0. The summed E-state index contributed by atoms with van der Waals surface area (Å²) in [5.74, 6) is -0.344. The van der Waals surface area contributed by atoms with Crippen molar-refractivity contribution in [3.05, 3.63) is 48.6 Å². The fourth-order valence-electron chi connectivity index (χ4n) is 1.88. The smallest absolute Gasteiger partial charge is 0.330 e. The average molecular weight is 328 g/mol. The maximum atomic E-state index is 10.9. The monoisotopic (exact) mass is 327 g/mol. The Hall–Kier alpha value is -1.13. The van der Waals surface area contributed by atoms with Gasteiger partial charge < -0.3 is 26.2 Å². The number of esters is 1. The standard InChI is InChI=1S/C15H22NO2.BrH/c1-4-15(17)18-12-8-11-16(2,3)13-14-9-6-5-7-10-14;/h4-7,9-10H,1,8,11-13H2,2-3H3;1H/q+1;/p-1. The van der Waals surface area contributed by atoms with Crippen molar-refractivity contribution in [2.45, 2.75) is 13.0 Å². The summed E-state index contributed by atoms with van der Waals surface area (Å²) >= 11 is 0. The summed E-state index contributed by atoms with van der Waals surface area (Å²) in [5, 5.41) is 0. The first-order chi connectivity index (χ1) is 8.53. The zero-order valence-electron chi connectivity index (χ0n) is 11.6. The summed E-state index contributed by atoms with van der Waals surface area (Å²) in [6, 6.07) is 10.4. The molecule has 3 nitrogen and oxygen atoms in total. The molecule has 106 valence electrons. The predicted octanol–water partition coefficient (Wildman–Crippen LogP) is -0.614. The Morgan fingerprint density at radius 3 is 2.53 bits per heavy atom. The number of nitrogens with zero attached hydrogens (tertiary/aromatic N) is 1. The molecule has 0 fully saturated rings. The molecule has 4 heteroatoms. The Kier molecular flexibility index (Phi) is 8.35. The number of quaternary nitrogens is 1. The van der Waals surface area contributed by atoms with Gasteiger partial charge in [-0.3, -0.25) is 0 Å². The van der Waals surface area contributed by atoms with E-state index < -0.39 is 0 Å². The highest BCUT2D eigenvalue weighted by atomic mass is 79.9. The zero-order valence-corrected chi connectivity index (χ0v) is 13.2. The molecule has 0 N–H and O–H groups in total. The van der Waals surface area contributed by atoms with Gasteiger partial charge in [0.2, 0.25) is 0 Å². The van der Waals surface area contributed by atoms with E-state index in [1.54, 1.807) is 0 Å². The van der Waals surface area contributed by atoms with Crippen LogP contribution >= 0.6 is 0 Å². The molecule has 0 atom stereocenters. The lowest BCUT2D eigenvalue weighted by Crippen LogP contribution is -3.00. The van der Waals surface area contributed by atoms with Crippen molar-refractivity contribution < 1.29 is 31.0 Å². The summed E-state index contributed by atoms with van der Waals surface area (Å²) in [6.45, 7) is 5.78. The van der Waals surface area contributed by atoms with E-state index in [1.165, 1.54) is 11.6 Å². The van der Waals surface area contributed by atoms with E-state index in [4.69, 9.17) is 4.74 Å². The molecule has 0 amide bonds. The summed E-state index contributed by atoms with van der Waals surface area (Å²) in [5.41, 5.74) is 1.32. The molecular formula is C15H22BrNO2. The van der Waals surface area contributed by atoms with Crippen LogP contribution < -0.4 is 17.0 Å². The minimum atomic E-state index is -0.344. The average Bonchev–Trinajstić information content (AvgIpc) is 2.35. The number of rotatable bonds is 7. The fourth-order valence-corrected chi connectivity index (χ4v) is 1.88. The molecular weight excluding hydrogens is 306 g/mol.